The quantitative estimate of drug-likeness (QED) is 0.728. The minimum Gasteiger partial charge on any atom is -0.459 e. The van der Waals surface area contributed by atoms with Gasteiger partial charge >= 0.3 is 5.97 Å². The fraction of sp³-hybridized carbons (Fsp3) is 0.933. The number of carbonyl (C=O) groups is 1. The van der Waals surface area contributed by atoms with Gasteiger partial charge in [0.05, 0.1) is 0 Å². The maximum absolute atomic E-state index is 12.7. The molecule has 3 rings (SSSR count). The molecule has 3 aliphatic rings. The summed E-state index contributed by atoms with van der Waals surface area (Å²) < 4.78 is 5.70. The van der Waals surface area contributed by atoms with Gasteiger partial charge < -0.3 is 10.1 Å². The van der Waals surface area contributed by atoms with Gasteiger partial charge in [-0.15, -0.1) is 0 Å². The van der Waals surface area contributed by atoms with E-state index in [9.17, 15) is 4.79 Å². The SMILES string of the molecule is CC(C)(C)OC(=O)[C@]12C[C@@H]3CC[C@@]1(C)[C@]3(C)CN2. The van der Waals surface area contributed by atoms with E-state index < -0.39 is 11.1 Å². The van der Waals surface area contributed by atoms with Crippen molar-refractivity contribution in [3.8, 4) is 0 Å². The van der Waals surface area contributed by atoms with Crippen molar-refractivity contribution >= 4 is 5.97 Å². The Morgan fingerprint density at radius 3 is 2.50 bits per heavy atom. The van der Waals surface area contributed by atoms with Crippen LogP contribution < -0.4 is 5.32 Å². The first-order chi connectivity index (χ1) is 8.15. The fourth-order valence-electron chi connectivity index (χ4n) is 4.83. The molecule has 2 aliphatic carbocycles. The van der Waals surface area contributed by atoms with Crippen molar-refractivity contribution in [1.29, 1.82) is 0 Å². The van der Waals surface area contributed by atoms with Crippen molar-refractivity contribution in [2.45, 2.75) is 65.0 Å². The predicted octanol–water partition coefficient (Wildman–Crippen LogP) is 2.50. The molecule has 0 aromatic carbocycles. The lowest BCUT2D eigenvalue weighted by Crippen LogP contribution is -2.58. The number of carbonyl (C=O) groups excluding carboxylic acids is 1. The first-order valence-corrected chi connectivity index (χ1v) is 7.13. The molecule has 0 aromatic heterocycles. The van der Waals surface area contributed by atoms with Crippen molar-refractivity contribution in [1.82, 2.24) is 5.32 Å². The monoisotopic (exact) mass is 251 g/mol. The highest BCUT2D eigenvalue weighted by Gasteiger charge is 2.77. The van der Waals surface area contributed by atoms with E-state index in [0.717, 1.165) is 19.4 Å². The van der Waals surface area contributed by atoms with Gasteiger partial charge in [0.15, 0.2) is 0 Å². The number of ether oxygens (including phenoxy) is 1. The number of hydrogen-bond acceptors (Lipinski definition) is 3. The van der Waals surface area contributed by atoms with Crippen molar-refractivity contribution in [3.63, 3.8) is 0 Å². The molecule has 0 amide bonds. The van der Waals surface area contributed by atoms with E-state index in [1.807, 2.05) is 20.8 Å². The molecule has 3 heteroatoms. The van der Waals surface area contributed by atoms with E-state index in [1.54, 1.807) is 0 Å². The van der Waals surface area contributed by atoms with Crippen molar-refractivity contribution < 1.29 is 9.53 Å². The van der Waals surface area contributed by atoms with Gasteiger partial charge in [0, 0.05) is 12.0 Å². The molecule has 0 unspecified atom stereocenters. The Morgan fingerprint density at radius 2 is 2.00 bits per heavy atom. The summed E-state index contributed by atoms with van der Waals surface area (Å²) in [5.74, 6) is 0.666. The first kappa shape index (κ1) is 12.5. The summed E-state index contributed by atoms with van der Waals surface area (Å²) in [4.78, 5) is 12.7. The third kappa shape index (κ3) is 1.17. The lowest BCUT2D eigenvalue weighted by molar-refractivity contribution is -0.168. The van der Waals surface area contributed by atoms with E-state index in [2.05, 4.69) is 19.2 Å². The van der Waals surface area contributed by atoms with Gasteiger partial charge in [0.25, 0.3) is 0 Å². The summed E-state index contributed by atoms with van der Waals surface area (Å²) in [6.07, 6.45) is 3.40. The van der Waals surface area contributed by atoms with Crippen molar-refractivity contribution in [3.05, 3.63) is 0 Å². The van der Waals surface area contributed by atoms with Crippen LogP contribution in [-0.4, -0.2) is 23.7 Å². The molecule has 0 radical (unpaired) electrons. The van der Waals surface area contributed by atoms with Gasteiger partial charge in [-0.3, -0.25) is 4.79 Å². The van der Waals surface area contributed by atoms with Crippen LogP contribution in [-0.2, 0) is 9.53 Å². The van der Waals surface area contributed by atoms with Crippen molar-refractivity contribution in [2.75, 3.05) is 6.54 Å². The fourth-order valence-corrected chi connectivity index (χ4v) is 4.83. The van der Waals surface area contributed by atoms with Gasteiger partial charge in [-0.25, -0.2) is 0 Å². The minimum atomic E-state index is -0.419. The first-order valence-electron chi connectivity index (χ1n) is 7.13. The molecule has 18 heavy (non-hydrogen) atoms. The number of esters is 1. The zero-order valence-electron chi connectivity index (χ0n) is 12.2. The zero-order chi connectivity index (χ0) is 13.4. The highest BCUT2D eigenvalue weighted by molar-refractivity contribution is 5.84. The molecule has 4 bridgehead atoms. The second-order valence-electron chi connectivity index (χ2n) is 7.95. The predicted molar refractivity (Wildman–Crippen MR) is 70.1 cm³/mol. The van der Waals surface area contributed by atoms with Crippen LogP contribution in [0.25, 0.3) is 0 Å². The van der Waals surface area contributed by atoms with Gasteiger partial charge in [-0.1, -0.05) is 13.8 Å². The van der Waals surface area contributed by atoms with Gasteiger partial charge in [-0.05, 0) is 51.4 Å². The molecular formula is C15H25NO2. The number of nitrogens with one attached hydrogen (secondary N) is 1. The Kier molecular flexibility index (Phi) is 2.16. The van der Waals surface area contributed by atoms with Crippen LogP contribution in [0, 0.1) is 16.7 Å². The normalized spacial score (nSPS) is 49.7. The van der Waals surface area contributed by atoms with Crippen LogP contribution in [0.5, 0.6) is 0 Å². The topological polar surface area (TPSA) is 38.3 Å². The molecule has 1 saturated heterocycles. The Hall–Kier alpha value is -0.570. The largest absolute Gasteiger partial charge is 0.459 e. The van der Waals surface area contributed by atoms with Gasteiger partial charge in [0.2, 0.25) is 0 Å². The summed E-state index contributed by atoms with van der Waals surface area (Å²) in [6.45, 7) is 11.5. The zero-order valence-corrected chi connectivity index (χ0v) is 12.2. The van der Waals surface area contributed by atoms with Gasteiger partial charge in [0.1, 0.15) is 11.1 Å². The van der Waals surface area contributed by atoms with Crippen LogP contribution in [0.3, 0.4) is 0 Å². The average molecular weight is 251 g/mol. The summed E-state index contributed by atoms with van der Waals surface area (Å²) in [6, 6.07) is 0. The molecule has 3 nitrogen and oxygen atoms in total. The third-order valence-corrected chi connectivity index (χ3v) is 6.15. The molecule has 1 aliphatic heterocycles. The van der Waals surface area contributed by atoms with Crippen LogP contribution in [0.15, 0.2) is 0 Å². The number of rotatable bonds is 1. The second kappa shape index (κ2) is 3.12. The third-order valence-electron chi connectivity index (χ3n) is 6.15. The summed E-state index contributed by atoms with van der Waals surface area (Å²) in [7, 11) is 0. The molecule has 0 aromatic rings. The molecular weight excluding hydrogens is 226 g/mol. The lowest BCUT2D eigenvalue weighted by atomic mass is 9.66. The Bertz CT molecular complexity index is 413. The van der Waals surface area contributed by atoms with Crippen LogP contribution in [0.1, 0.15) is 53.9 Å². The highest BCUT2D eigenvalue weighted by Crippen LogP contribution is 2.73. The Morgan fingerprint density at radius 1 is 1.33 bits per heavy atom. The molecule has 0 spiro atoms. The standard InChI is InChI=1S/C15H25NO2/c1-12(2,3)18-11(17)15-8-10-6-7-14(15,5)13(10,4)9-16-15/h10,16H,6-9H2,1-5H3/t10-,13+,14-,15+/m0/s1. The van der Waals surface area contributed by atoms with Crippen LogP contribution >= 0.6 is 0 Å². The summed E-state index contributed by atoms with van der Waals surface area (Å²) in [5.41, 5.74) is -0.459. The maximum atomic E-state index is 12.7. The molecule has 4 atom stereocenters. The van der Waals surface area contributed by atoms with Crippen LogP contribution in [0.2, 0.25) is 0 Å². The average Bonchev–Trinajstić information content (AvgIpc) is 2.68. The van der Waals surface area contributed by atoms with Crippen molar-refractivity contribution in [2.24, 2.45) is 16.7 Å². The molecule has 2 saturated carbocycles. The Balaban J connectivity index is 1.96. The smallest absolute Gasteiger partial charge is 0.327 e. The lowest BCUT2D eigenvalue weighted by Gasteiger charge is -2.41. The molecule has 1 N–H and O–H groups in total. The summed E-state index contributed by atoms with van der Waals surface area (Å²) >= 11 is 0. The van der Waals surface area contributed by atoms with E-state index >= 15 is 0 Å². The van der Waals surface area contributed by atoms with E-state index in [-0.39, 0.29) is 16.8 Å². The van der Waals surface area contributed by atoms with E-state index in [0.29, 0.717) is 5.92 Å². The maximum Gasteiger partial charge on any atom is 0.327 e. The molecule has 1 heterocycles. The molecule has 3 fully saturated rings. The molecule has 102 valence electrons. The highest BCUT2D eigenvalue weighted by atomic mass is 16.6. The number of hydrogen-bond donors (Lipinski definition) is 1. The minimum absolute atomic E-state index is 0.0246. The van der Waals surface area contributed by atoms with E-state index in [1.165, 1.54) is 6.42 Å². The van der Waals surface area contributed by atoms with Gasteiger partial charge in [-0.2, -0.15) is 0 Å². The summed E-state index contributed by atoms with van der Waals surface area (Å²) in [5, 5.41) is 3.53. The second-order valence-corrected chi connectivity index (χ2v) is 7.95. The number of piperidine rings is 1. The Labute approximate surface area is 110 Å². The van der Waals surface area contributed by atoms with E-state index in [4.69, 9.17) is 4.74 Å². The van der Waals surface area contributed by atoms with Crippen LogP contribution in [0.4, 0.5) is 0 Å².